The molecule has 2 rings (SSSR count). The number of hydrogen-bond donors (Lipinski definition) is 3. The van der Waals surface area contributed by atoms with Crippen LogP contribution in [0.5, 0.6) is 0 Å². The fourth-order valence-electron chi connectivity index (χ4n) is 1.22. The van der Waals surface area contributed by atoms with Gasteiger partial charge in [-0.05, 0) is 12.1 Å². The molecule has 9 heteroatoms. The average Bonchev–Trinajstić information content (AvgIpc) is 2.86. The minimum absolute atomic E-state index is 0.106. The van der Waals surface area contributed by atoms with E-state index in [0.29, 0.717) is 5.76 Å². The summed E-state index contributed by atoms with van der Waals surface area (Å²) in [5.74, 6) is -0.0758. The molecular weight excluding hydrogens is 254 g/mol. The second kappa shape index (κ2) is 5.58. The van der Waals surface area contributed by atoms with E-state index in [1.807, 2.05) is 10.1 Å². The number of aromatic amines is 2. The fourth-order valence-corrected chi connectivity index (χ4v) is 1.22. The molecule has 0 aromatic carbocycles. The van der Waals surface area contributed by atoms with Gasteiger partial charge >= 0.3 is 5.69 Å². The van der Waals surface area contributed by atoms with Gasteiger partial charge < -0.3 is 4.42 Å². The van der Waals surface area contributed by atoms with E-state index in [1.54, 1.807) is 12.1 Å². The molecule has 0 aliphatic heterocycles. The van der Waals surface area contributed by atoms with Crippen molar-refractivity contribution in [2.24, 2.45) is 5.10 Å². The topological polar surface area (TPSA) is 133 Å². The monoisotopic (exact) mass is 263 g/mol. The number of amides is 1. The van der Waals surface area contributed by atoms with Crippen molar-refractivity contribution >= 4 is 12.1 Å². The second-order valence-electron chi connectivity index (χ2n) is 3.44. The molecular formula is C10H9N5O4. The lowest BCUT2D eigenvalue weighted by Crippen LogP contribution is -2.31. The van der Waals surface area contributed by atoms with Crippen LogP contribution in [0.3, 0.4) is 0 Å². The summed E-state index contributed by atoms with van der Waals surface area (Å²) >= 11 is 0. The molecule has 0 aliphatic carbocycles. The number of carbonyl (C=O) groups is 1. The van der Waals surface area contributed by atoms with Crippen LogP contribution in [0.25, 0.3) is 0 Å². The van der Waals surface area contributed by atoms with Crippen molar-refractivity contribution in [2.45, 2.75) is 6.42 Å². The number of hydrazone groups is 1. The van der Waals surface area contributed by atoms with Gasteiger partial charge in [0.05, 0.1) is 18.9 Å². The zero-order valence-corrected chi connectivity index (χ0v) is 9.54. The quantitative estimate of drug-likeness (QED) is 0.468. The SMILES string of the molecule is O=C(Cc1n[nH]c(=O)[nH]c1=O)N/N=C\c1ccco1. The summed E-state index contributed by atoms with van der Waals surface area (Å²) < 4.78 is 4.96. The fraction of sp³-hybridized carbons (Fsp3) is 0.100. The lowest BCUT2D eigenvalue weighted by molar-refractivity contribution is -0.120. The predicted molar refractivity (Wildman–Crippen MR) is 63.6 cm³/mol. The first-order chi connectivity index (χ1) is 9.15. The summed E-state index contributed by atoms with van der Waals surface area (Å²) in [6.07, 6.45) is 2.47. The van der Waals surface area contributed by atoms with Crippen LogP contribution in [0, 0.1) is 0 Å². The molecule has 19 heavy (non-hydrogen) atoms. The molecule has 0 aliphatic rings. The van der Waals surface area contributed by atoms with Crippen LogP contribution in [0.15, 0.2) is 37.5 Å². The normalized spacial score (nSPS) is 10.7. The molecule has 9 nitrogen and oxygen atoms in total. The number of aromatic nitrogens is 3. The highest BCUT2D eigenvalue weighted by atomic mass is 16.3. The molecule has 0 saturated carbocycles. The Bertz CT molecular complexity index is 697. The maximum absolute atomic E-state index is 11.4. The summed E-state index contributed by atoms with van der Waals surface area (Å²) in [4.78, 5) is 35.4. The van der Waals surface area contributed by atoms with Gasteiger partial charge in [-0.25, -0.2) is 15.3 Å². The van der Waals surface area contributed by atoms with Crippen LogP contribution in [0.2, 0.25) is 0 Å². The number of nitrogens with one attached hydrogen (secondary N) is 3. The Hall–Kier alpha value is -2.97. The molecule has 2 aromatic heterocycles. The van der Waals surface area contributed by atoms with Crippen LogP contribution < -0.4 is 16.7 Å². The Morgan fingerprint density at radius 3 is 3.05 bits per heavy atom. The van der Waals surface area contributed by atoms with Gasteiger partial charge in [-0.15, -0.1) is 0 Å². The van der Waals surface area contributed by atoms with E-state index in [0.717, 1.165) is 0 Å². The van der Waals surface area contributed by atoms with E-state index in [1.165, 1.54) is 12.5 Å². The Balaban J connectivity index is 1.94. The highest BCUT2D eigenvalue weighted by molar-refractivity contribution is 5.81. The molecule has 0 bridgehead atoms. The Kier molecular flexibility index (Phi) is 3.67. The smallest absolute Gasteiger partial charge is 0.342 e. The third-order valence-corrected chi connectivity index (χ3v) is 2.03. The predicted octanol–water partition coefficient (Wildman–Crippen LogP) is -1.26. The van der Waals surface area contributed by atoms with Gasteiger partial charge in [-0.3, -0.25) is 14.6 Å². The molecule has 2 heterocycles. The standard InChI is InChI=1S/C10H9N5O4/c16-8(14-11-5-6-2-1-3-19-6)4-7-9(17)12-10(18)15-13-7/h1-3,5H,4H2,(H,14,16)(H2,12,15,17,18)/b11-5-. The second-order valence-corrected chi connectivity index (χ2v) is 3.44. The molecule has 98 valence electrons. The lowest BCUT2D eigenvalue weighted by Gasteiger charge is -1.97. The van der Waals surface area contributed by atoms with E-state index in [9.17, 15) is 14.4 Å². The van der Waals surface area contributed by atoms with E-state index < -0.39 is 17.2 Å². The summed E-state index contributed by atoms with van der Waals surface area (Å²) in [6.45, 7) is 0. The molecule has 0 fully saturated rings. The Morgan fingerprint density at radius 1 is 1.53 bits per heavy atom. The molecule has 3 N–H and O–H groups in total. The van der Waals surface area contributed by atoms with Gasteiger partial charge in [0.15, 0.2) is 0 Å². The van der Waals surface area contributed by atoms with Crippen LogP contribution in [-0.4, -0.2) is 27.3 Å². The van der Waals surface area contributed by atoms with E-state index >= 15 is 0 Å². The van der Waals surface area contributed by atoms with Crippen molar-refractivity contribution < 1.29 is 9.21 Å². The van der Waals surface area contributed by atoms with Crippen molar-refractivity contribution in [1.29, 1.82) is 0 Å². The van der Waals surface area contributed by atoms with Gasteiger partial charge in [0, 0.05) is 0 Å². The number of nitrogens with zero attached hydrogens (tertiary/aromatic N) is 2. The largest absolute Gasteiger partial charge is 0.463 e. The molecule has 1 amide bonds. The third kappa shape index (κ3) is 3.49. The first-order valence-corrected chi connectivity index (χ1v) is 5.18. The van der Waals surface area contributed by atoms with E-state index in [-0.39, 0.29) is 12.1 Å². The molecule has 0 atom stereocenters. The van der Waals surface area contributed by atoms with Crippen LogP contribution in [-0.2, 0) is 11.2 Å². The molecule has 0 unspecified atom stereocenters. The first-order valence-electron chi connectivity index (χ1n) is 5.18. The minimum Gasteiger partial charge on any atom is -0.463 e. The van der Waals surface area contributed by atoms with Crippen LogP contribution in [0.1, 0.15) is 11.5 Å². The van der Waals surface area contributed by atoms with Gasteiger partial charge in [0.25, 0.3) is 5.56 Å². The van der Waals surface area contributed by atoms with Crippen molar-refractivity contribution in [3.63, 3.8) is 0 Å². The summed E-state index contributed by atoms with van der Waals surface area (Å²) in [5.41, 5.74) is 0.645. The van der Waals surface area contributed by atoms with Gasteiger partial charge in [0.2, 0.25) is 5.91 Å². The summed E-state index contributed by atoms with van der Waals surface area (Å²) in [6, 6.07) is 3.33. The maximum Gasteiger partial charge on any atom is 0.342 e. The van der Waals surface area contributed by atoms with E-state index in [4.69, 9.17) is 4.42 Å². The van der Waals surface area contributed by atoms with Crippen molar-refractivity contribution in [3.8, 4) is 0 Å². The summed E-state index contributed by atoms with van der Waals surface area (Å²) in [5, 5.41) is 9.12. The van der Waals surface area contributed by atoms with Crippen LogP contribution in [0.4, 0.5) is 0 Å². The minimum atomic E-state index is -0.731. The number of carbonyl (C=O) groups excluding carboxylic acids is 1. The zero-order valence-electron chi connectivity index (χ0n) is 9.54. The number of H-pyrrole nitrogens is 2. The number of rotatable bonds is 4. The van der Waals surface area contributed by atoms with Crippen molar-refractivity contribution in [2.75, 3.05) is 0 Å². The Labute approximate surface area is 105 Å². The number of furan rings is 1. The molecule has 0 saturated heterocycles. The first kappa shape index (κ1) is 12.5. The third-order valence-electron chi connectivity index (χ3n) is 2.03. The molecule has 0 spiro atoms. The lowest BCUT2D eigenvalue weighted by atomic mass is 10.3. The van der Waals surface area contributed by atoms with E-state index in [2.05, 4.69) is 15.6 Å². The highest BCUT2D eigenvalue weighted by Crippen LogP contribution is 1.94. The van der Waals surface area contributed by atoms with Gasteiger partial charge in [-0.1, -0.05) is 0 Å². The average molecular weight is 263 g/mol. The maximum atomic E-state index is 11.4. The Morgan fingerprint density at radius 2 is 2.37 bits per heavy atom. The van der Waals surface area contributed by atoms with Gasteiger partial charge in [-0.2, -0.15) is 10.2 Å². The van der Waals surface area contributed by atoms with Crippen molar-refractivity contribution in [3.05, 3.63) is 50.7 Å². The summed E-state index contributed by atoms with van der Waals surface area (Å²) in [7, 11) is 0. The zero-order chi connectivity index (χ0) is 13.7. The molecule has 2 aromatic rings. The number of hydrogen-bond acceptors (Lipinski definition) is 6. The van der Waals surface area contributed by atoms with Crippen molar-refractivity contribution in [1.82, 2.24) is 20.6 Å². The highest BCUT2D eigenvalue weighted by Gasteiger charge is 2.08. The van der Waals surface area contributed by atoms with Gasteiger partial charge in [0.1, 0.15) is 11.5 Å². The van der Waals surface area contributed by atoms with Crippen LogP contribution >= 0.6 is 0 Å². The molecule has 0 radical (unpaired) electrons.